The molecule has 1 heterocycles. The third-order valence-electron chi connectivity index (χ3n) is 2.49. The highest BCUT2D eigenvalue weighted by molar-refractivity contribution is 8.00. The summed E-state index contributed by atoms with van der Waals surface area (Å²) < 4.78 is 49.5. The van der Waals surface area contributed by atoms with Gasteiger partial charge in [0.1, 0.15) is 11.6 Å². The lowest BCUT2D eigenvalue weighted by molar-refractivity contribution is 0.582. The van der Waals surface area contributed by atoms with Gasteiger partial charge in [0, 0.05) is 25.4 Å². The molecule has 1 aliphatic rings. The van der Waals surface area contributed by atoms with Crippen molar-refractivity contribution < 1.29 is 17.2 Å². The molecule has 1 N–H and O–H groups in total. The van der Waals surface area contributed by atoms with Gasteiger partial charge in [0.05, 0.1) is 4.91 Å². The lowest BCUT2D eigenvalue weighted by Gasteiger charge is -2.23. The predicted octanol–water partition coefficient (Wildman–Crippen LogP) is 1.32. The first-order valence-electron chi connectivity index (χ1n) is 4.97. The smallest absolute Gasteiger partial charge is 0.176 e. The Labute approximate surface area is 98.1 Å². The van der Waals surface area contributed by atoms with E-state index in [1.807, 2.05) is 0 Å². The average molecular weight is 259 g/mol. The molecule has 0 spiro atoms. The van der Waals surface area contributed by atoms with Gasteiger partial charge >= 0.3 is 0 Å². The topological polar surface area (TPSA) is 46.2 Å². The molecule has 0 amide bonds. The van der Waals surface area contributed by atoms with Crippen LogP contribution in [0.25, 0.3) is 4.91 Å². The minimum Gasteiger partial charge on any atom is -0.309 e. The van der Waals surface area contributed by atoms with E-state index in [1.54, 1.807) is 0 Å². The number of benzene rings is 1. The van der Waals surface area contributed by atoms with E-state index in [9.17, 15) is 17.2 Å². The van der Waals surface area contributed by atoms with Crippen LogP contribution < -0.4 is 5.32 Å². The largest absolute Gasteiger partial charge is 0.309 e. The fourth-order valence-electron chi connectivity index (χ4n) is 1.78. The van der Waals surface area contributed by atoms with Gasteiger partial charge in [-0.1, -0.05) is 0 Å². The van der Waals surface area contributed by atoms with Crippen LogP contribution in [0.2, 0.25) is 0 Å². The summed E-state index contributed by atoms with van der Waals surface area (Å²) in [5.74, 6) is -1.57. The SMILES string of the molecule is CS(=O)(=O)C(=C1CNC1)c1cc(F)cc(F)c1. The third kappa shape index (κ3) is 2.53. The maximum absolute atomic E-state index is 13.1. The number of rotatable bonds is 2. The molecule has 0 unspecified atom stereocenters. The van der Waals surface area contributed by atoms with Crippen LogP contribution in [-0.4, -0.2) is 27.8 Å². The summed E-state index contributed by atoms with van der Waals surface area (Å²) in [5, 5.41) is 2.90. The van der Waals surface area contributed by atoms with Crippen molar-refractivity contribution in [3.05, 3.63) is 41.0 Å². The normalized spacial score (nSPS) is 15.6. The van der Waals surface area contributed by atoms with Gasteiger partial charge in [-0.2, -0.15) is 0 Å². The van der Waals surface area contributed by atoms with Crippen LogP contribution in [0.3, 0.4) is 0 Å². The highest BCUT2D eigenvalue weighted by Crippen LogP contribution is 2.27. The second-order valence-electron chi connectivity index (χ2n) is 3.97. The molecule has 2 rings (SSSR count). The molecule has 1 aliphatic heterocycles. The molecule has 1 fully saturated rings. The number of hydrogen-bond donors (Lipinski definition) is 1. The fourth-order valence-corrected chi connectivity index (χ4v) is 2.99. The van der Waals surface area contributed by atoms with Crippen molar-refractivity contribution in [3.8, 4) is 0 Å². The summed E-state index contributed by atoms with van der Waals surface area (Å²) in [4.78, 5) is 0.0228. The molecule has 1 aromatic rings. The maximum Gasteiger partial charge on any atom is 0.176 e. The van der Waals surface area contributed by atoms with Crippen molar-refractivity contribution in [2.24, 2.45) is 0 Å². The Morgan fingerprint density at radius 1 is 1.18 bits per heavy atom. The van der Waals surface area contributed by atoms with Crippen LogP contribution in [0, 0.1) is 11.6 Å². The van der Waals surface area contributed by atoms with Crippen LogP contribution in [0.5, 0.6) is 0 Å². The molecule has 92 valence electrons. The summed E-state index contributed by atoms with van der Waals surface area (Å²) >= 11 is 0. The molecule has 0 atom stereocenters. The van der Waals surface area contributed by atoms with Crippen molar-refractivity contribution in [1.82, 2.24) is 5.32 Å². The van der Waals surface area contributed by atoms with Gasteiger partial charge in [0.2, 0.25) is 0 Å². The molecular formula is C11H11F2NO2S. The molecule has 1 saturated heterocycles. The lowest BCUT2D eigenvalue weighted by Crippen LogP contribution is -2.35. The number of sulfone groups is 1. The van der Waals surface area contributed by atoms with Gasteiger partial charge in [0.25, 0.3) is 0 Å². The highest BCUT2D eigenvalue weighted by Gasteiger charge is 2.24. The van der Waals surface area contributed by atoms with Crippen LogP contribution in [0.4, 0.5) is 8.78 Å². The maximum atomic E-state index is 13.1. The summed E-state index contributed by atoms with van der Waals surface area (Å²) in [6.45, 7) is 0.862. The summed E-state index contributed by atoms with van der Waals surface area (Å²) in [7, 11) is -3.51. The highest BCUT2D eigenvalue weighted by atomic mass is 32.2. The predicted molar refractivity (Wildman–Crippen MR) is 61.0 cm³/mol. The molecule has 6 heteroatoms. The van der Waals surface area contributed by atoms with Gasteiger partial charge in [-0.25, -0.2) is 17.2 Å². The van der Waals surface area contributed by atoms with Crippen molar-refractivity contribution in [2.75, 3.05) is 19.3 Å². The van der Waals surface area contributed by atoms with Gasteiger partial charge < -0.3 is 5.32 Å². The molecular weight excluding hydrogens is 248 g/mol. The number of hydrogen-bond acceptors (Lipinski definition) is 3. The van der Waals surface area contributed by atoms with Crippen molar-refractivity contribution in [2.45, 2.75) is 0 Å². The zero-order chi connectivity index (χ0) is 12.6. The molecule has 17 heavy (non-hydrogen) atoms. The second kappa shape index (κ2) is 4.19. The minimum atomic E-state index is -3.51. The van der Waals surface area contributed by atoms with Crippen molar-refractivity contribution >= 4 is 14.7 Å². The third-order valence-corrected chi connectivity index (χ3v) is 3.76. The molecule has 0 bridgehead atoms. The van der Waals surface area contributed by atoms with Gasteiger partial charge in [-0.15, -0.1) is 0 Å². The molecule has 3 nitrogen and oxygen atoms in total. The lowest BCUT2D eigenvalue weighted by atomic mass is 10.1. The average Bonchev–Trinajstić information content (AvgIpc) is 2.06. The van der Waals surface area contributed by atoms with E-state index in [2.05, 4.69) is 5.32 Å². The molecule has 0 saturated carbocycles. The number of halogens is 2. The van der Waals surface area contributed by atoms with E-state index in [1.165, 1.54) is 0 Å². The zero-order valence-electron chi connectivity index (χ0n) is 9.13. The van der Waals surface area contributed by atoms with Gasteiger partial charge in [-0.3, -0.25) is 0 Å². The van der Waals surface area contributed by atoms with E-state index < -0.39 is 21.5 Å². The van der Waals surface area contributed by atoms with Crippen LogP contribution in [0.15, 0.2) is 23.8 Å². The van der Waals surface area contributed by atoms with E-state index in [0.717, 1.165) is 18.4 Å². The summed E-state index contributed by atoms with van der Waals surface area (Å²) in [5.41, 5.74) is 0.721. The Bertz CT molecular complexity index is 567. The van der Waals surface area contributed by atoms with Crippen molar-refractivity contribution in [3.63, 3.8) is 0 Å². The number of nitrogens with one attached hydrogen (secondary N) is 1. The summed E-state index contributed by atoms with van der Waals surface area (Å²) in [6, 6.07) is 2.78. The molecule has 1 aromatic carbocycles. The minimum absolute atomic E-state index is 0.0228. The van der Waals surface area contributed by atoms with Gasteiger partial charge in [0.15, 0.2) is 9.84 Å². The fraction of sp³-hybridized carbons (Fsp3) is 0.273. The summed E-state index contributed by atoms with van der Waals surface area (Å²) in [6.07, 6.45) is 1.04. The monoisotopic (exact) mass is 259 g/mol. The molecule has 0 aromatic heterocycles. The van der Waals surface area contributed by atoms with Crippen LogP contribution in [0.1, 0.15) is 5.56 Å². The first-order valence-corrected chi connectivity index (χ1v) is 6.86. The van der Waals surface area contributed by atoms with Crippen molar-refractivity contribution in [1.29, 1.82) is 0 Å². The first kappa shape index (κ1) is 12.2. The second-order valence-corrected chi connectivity index (χ2v) is 5.92. The van der Waals surface area contributed by atoms with E-state index >= 15 is 0 Å². The van der Waals surface area contributed by atoms with Crippen LogP contribution >= 0.6 is 0 Å². The Morgan fingerprint density at radius 3 is 2.06 bits per heavy atom. The van der Waals surface area contributed by atoms with Crippen LogP contribution in [-0.2, 0) is 9.84 Å². The van der Waals surface area contributed by atoms with E-state index in [4.69, 9.17) is 0 Å². The molecule has 0 radical (unpaired) electrons. The quantitative estimate of drug-likeness (QED) is 0.871. The van der Waals surface area contributed by atoms with Gasteiger partial charge in [-0.05, 0) is 23.3 Å². The molecule has 0 aliphatic carbocycles. The standard InChI is InChI=1S/C11H11F2NO2S/c1-17(15,16)11(8-5-14-6-8)7-2-9(12)4-10(13)3-7/h2-4,14H,5-6H2,1H3. The Kier molecular flexibility index (Phi) is 3.01. The Hall–Kier alpha value is -1.27. The van der Waals surface area contributed by atoms with E-state index in [0.29, 0.717) is 24.7 Å². The zero-order valence-corrected chi connectivity index (χ0v) is 9.94. The Morgan fingerprint density at radius 2 is 1.71 bits per heavy atom. The first-order chi connectivity index (χ1) is 7.88. The van der Waals surface area contributed by atoms with E-state index in [-0.39, 0.29) is 10.5 Å². The Balaban J connectivity index is 2.62.